The number of carbonyl (C=O) groups is 2. The van der Waals surface area contributed by atoms with Crippen LogP contribution < -0.4 is 20.1 Å². The number of hydrogen-bond acceptors (Lipinski definition) is 11. The number of hydrogen-bond donors (Lipinski definition) is 1. The molecule has 2 saturated heterocycles. The molecule has 302 valence electrons. The number of esters is 1. The molecule has 2 atom stereocenters. The molecule has 0 radical (unpaired) electrons. The molecular formula is C39H44F5N5O7. The fourth-order valence-electron chi connectivity index (χ4n) is 7.44. The smallest absolute Gasteiger partial charge is 0.422 e. The highest BCUT2D eigenvalue weighted by molar-refractivity contribution is 6.06. The van der Waals surface area contributed by atoms with Crippen LogP contribution in [-0.2, 0) is 25.4 Å². The van der Waals surface area contributed by atoms with E-state index < -0.39 is 48.1 Å². The summed E-state index contributed by atoms with van der Waals surface area (Å²) in [5, 5.41) is 0.891. The van der Waals surface area contributed by atoms with Gasteiger partial charge >= 0.3 is 24.2 Å². The Morgan fingerprint density at radius 3 is 2.32 bits per heavy atom. The molecule has 2 fully saturated rings. The molecule has 1 aromatic heterocycles. The zero-order valence-electron chi connectivity index (χ0n) is 31.7. The molecule has 4 aromatic rings. The van der Waals surface area contributed by atoms with Crippen LogP contribution in [0.5, 0.6) is 11.8 Å². The van der Waals surface area contributed by atoms with E-state index in [0.717, 1.165) is 0 Å². The number of amides is 1. The highest BCUT2D eigenvalue weighted by atomic mass is 19.4. The van der Waals surface area contributed by atoms with Gasteiger partial charge in [0.05, 0.1) is 19.2 Å². The molecule has 56 heavy (non-hydrogen) atoms. The Balaban J connectivity index is 1.50. The summed E-state index contributed by atoms with van der Waals surface area (Å²) in [5.74, 6) is -1.68. The maximum Gasteiger partial charge on any atom is 0.422 e. The number of methoxy groups -OCH3 is 2. The van der Waals surface area contributed by atoms with E-state index in [4.69, 9.17) is 29.4 Å². The van der Waals surface area contributed by atoms with Gasteiger partial charge in [0, 0.05) is 43.3 Å². The van der Waals surface area contributed by atoms with Crippen molar-refractivity contribution in [3.63, 3.8) is 0 Å². The number of aryl methyl sites for hydroxylation is 1. The van der Waals surface area contributed by atoms with E-state index in [2.05, 4.69) is 9.97 Å². The van der Waals surface area contributed by atoms with E-state index in [1.54, 1.807) is 36.6 Å². The molecule has 2 N–H and O–H groups in total. The summed E-state index contributed by atoms with van der Waals surface area (Å²) < 4.78 is 99.4. The molecule has 0 saturated carbocycles. The van der Waals surface area contributed by atoms with E-state index in [0.29, 0.717) is 36.5 Å². The molecule has 0 unspecified atom stereocenters. The first kappa shape index (κ1) is 40.5. The van der Waals surface area contributed by atoms with Crippen molar-refractivity contribution >= 4 is 45.2 Å². The number of nitrogens with two attached hydrogens (primary N) is 1. The second-order valence-corrected chi connectivity index (χ2v) is 14.9. The number of unbranched alkanes of at least 4 members (excludes halogenated alkanes) is 1. The normalized spacial score (nSPS) is 17.1. The average Bonchev–Trinajstić information content (AvgIpc) is 3.40. The number of nitrogens with zero attached hydrogens (tertiary/aromatic N) is 4. The Labute approximate surface area is 320 Å². The fourth-order valence-corrected chi connectivity index (χ4v) is 7.44. The Morgan fingerprint density at radius 2 is 1.68 bits per heavy atom. The van der Waals surface area contributed by atoms with E-state index in [1.807, 2.05) is 0 Å². The SMILES string of the molecule is COCOc1cc(-c2c(N)cc3c(N4C[C@H]5CC[C@@H](C4)N5C(=O)OC(C)(C)C)nc(OCC(F)(F)F)nc3c2F)c2c(CCCCC(=O)OC)c(F)ccc2c1. The van der Waals surface area contributed by atoms with Gasteiger partial charge in [0.15, 0.2) is 19.2 Å². The lowest BCUT2D eigenvalue weighted by Gasteiger charge is -2.42. The van der Waals surface area contributed by atoms with Gasteiger partial charge in [-0.1, -0.05) is 6.07 Å². The maximum atomic E-state index is 17.3. The summed E-state index contributed by atoms with van der Waals surface area (Å²) in [5.41, 5.74) is 5.64. The number of benzene rings is 3. The van der Waals surface area contributed by atoms with E-state index in [1.165, 1.54) is 38.5 Å². The van der Waals surface area contributed by atoms with Gasteiger partial charge in [-0.05, 0) is 99.0 Å². The molecule has 0 spiro atoms. The third-order valence-corrected chi connectivity index (χ3v) is 9.71. The average molecular weight is 790 g/mol. The lowest BCUT2D eigenvalue weighted by molar-refractivity contribution is -0.154. The molecule has 2 aliphatic rings. The monoisotopic (exact) mass is 789 g/mol. The quantitative estimate of drug-likeness (QED) is 0.0497. The third kappa shape index (κ3) is 8.77. The lowest BCUT2D eigenvalue weighted by Crippen LogP contribution is -2.57. The number of alkyl halides is 3. The van der Waals surface area contributed by atoms with E-state index in [9.17, 15) is 22.8 Å². The highest BCUT2D eigenvalue weighted by Gasteiger charge is 2.45. The van der Waals surface area contributed by atoms with Crippen LogP contribution in [0.2, 0.25) is 0 Å². The van der Waals surface area contributed by atoms with Crippen molar-refractivity contribution in [3.05, 3.63) is 47.5 Å². The van der Waals surface area contributed by atoms with E-state index in [-0.39, 0.29) is 89.7 Å². The summed E-state index contributed by atoms with van der Waals surface area (Å²) >= 11 is 0. The topological polar surface area (TPSA) is 139 Å². The molecule has 3 aromatic carbocycles. The van der Waals surface area contributed by atoms with Crippen molar-refractivity contribution in [2.75, 3.05) is 51.3 Å². The van der Waals surface area contributed by atoms with Crippen LogP contribution in [0, 0.1) is 11.6 Å². The predicted molar refractivity (Wildman–Crippen MR) is 198 cm³/mol. The van der Waals surface area contributed by atoms with Gasteiger partial charge in [-0.2, -0.15) is 23.1 Å². The first-order valence-electron chi connectivity index (χ1n) is 18.2. The van der Waals surface area contributed by atoms with Crippen LogP contribution in [0.1, 0.15) is 58.4 Å². The van der Waals surface area contributed by atoms with Crippen LogP contribution in [0.4, 0.5) is 38.3 Å². The van der Waals surface area contributed by atoms with Gasteiger partial charge in [-0.15, -0.1) is 0 Å². The molecule has 17 heteroatoms. The molecule has 3 heterocycles. The van der Waals surface area contributed by atoms with Crippen molar-refractivity contribution in [1.82, 2.24) is 14.9 Å². The van der Waals surface area contributed by atoms with Gasteiger partial charge in [-0.3, -0.25) is 9.69 Å². The molecule has 2 bridgehead atoms. The number of piperazine rings is 1. The second kappa shape index (κ2) is 16.1. The maximum absolute atomic E-state index is 17.3. The van der Waals surface area contributed by atoms with Crippen LogP contribution in [0.25, 0.3) is 32.8 Å². The summed E-state index contributed by atoms with van der Waals surface area (Å²) in [4.78, 5) is 36.8. The lowest BCUT2D eigenvalue weighted by atomic mass is 9.90. The number of carbonyl (C=O) groups excluding carboxylic acids is 2. The fraction of sp³-hybridized carbons (Fsp3) is 0.487. The summed E-state index contributed by atoms with van der Waals surface area (Å²) in [6, 6.07) is 5.98. The number of aromatic nitrogens is 2. The van der Waals surface area contributed by atoms with Crippen molar-refractivity contribution < 1.29 is 55.2 Å². The predicted octanol–water partition coefficient (Wildman–Crippen LogP) is 7.71. The molecular weight excluding hydrogens is 745 g/mol. The summed E-state index contributed by atoms with van der Waals surface area (Å²) in [6.45, 7) is 3.83. The number of halogens is 5. The Kier molecular flexibility index (Phi) is 11.6. The van der Waals surface area contributed by atoms with Crippen molar-refractivity contribution in [2.45, 2.75) is 83.2 Å². The minimum Gasteiger partial charge on any atom is -0.469 e. The van der Waals surface area contributed by atoms with Crippen LogP contribution in [0.15, 0.2) is 30.3 Å². The Bertz CT molecular complexity index is 2110. The van der Waals surface area contributed by atoms with Crippen LogP contribution in [0.3, 0.4) is 0 Å². The third-order valence-electron chi connectivity index (χ3n) is 9.71. The van der Waals surface area contributed by atoms with Crippen molar-refractivity contribution in [1.29, 1.82) is 0 Å². The Hall–Kier alpha value is -5.19. The van der Waals surface area contributed by atoms with E-state index >= 15 is 8.78 Å². The second-order valence-electron chi connectivity index (χ2n) is 14.9. The molecule has 6 rings (SSSR count). The number of ether oxygens (including phenoxy) is 5. The van der Waals surface area contributed by atoms with Gasteiger partial charge in [0.25, 0.3) is 0 Å². The minimum atomic E-state index is -4.75. The molecule has 0 aliphatic carbocycles. The molecule has 12 nitrogen and oxygen atoms in total. The van der Waals surface area contributed by atoms with Crippen LogP contribution in [-0.4, -0.2) is 91.5 Å². The van der Waals surface area contributed by atoms with Crippen molar-refractivity contribution in [3.8, 4) is 22.9 Å². The zero-order valence-corrected chi connectivity index (χ0v) is 31.7. The first-order chi connectivity index (χ1) is 26.5. The van der Waals surface area contributed by atoms with Gasteiger partial charge in [0.1, 0.15) is 28.5 Å². The van der Waals surface area contributed by atoms with Crippen LogP contribution >= 0.6 is 0 Å². The Morgan fingerprint density at radius 1 is 0.964 bits per heavy atom. The highest BCUT2D eigenvalue weighted by Crippen LogP contribution is 2.44. The largest absolute Gasteiger partial charge is 0.469 e. The zero-order chi connectivity index (χ0) is 40.5. The van der Waals surface area contributed by atoms with Gasteiger partial charge in [-0.25, -0.2) is 13.6 Å². The number of anilines is 2. The van der Waals surface area contributed by atoms with Crippen molar-refractivity contribution in [2.24, 2.45) is 0 Å². The van der Waals surface area contributed by atoms with Gasteiger partial charge < -0.3 is 34.3 Å². The number of fused-ring (bicyclic) bond motifs is 4. The van der Waals surface area contributed by atoms with Gasteiger partial charge in [0.2, 0.25) is 0 Å². The summed E-state index contributed by atoms with van der Waals surface area (Å²) in [6.07, 6.45) is -2.88. The standard InChI is InChI=1S/C39H44F5N5O7/c1-38(2,3)56-37(51)49-22-11-12-23(49)18-48(17-22)35-27-16-29(45)32(33(41)34(27)46-36(47-35)54-19-39(42,43)44)26-15-24(55-20-52-4)14-21-10-13-28(40)25(31(21)26)8-6-7-9-30(50)53-5/h10,13-16,22-23H,6-9,11-12,17-20,45H2,1-5H3/t22-,23+. The summed E-state index contributed by atoms with van der Waals surface area (Å²) in [7, 11) is 2.70. The molecule has 1 amide bonds. The first-order valence-corrected chi connectivity index (χ1v) is 18.2. The number of rotatable bonds is 12. The minimum absolute atomic E-state index is 0.0736. The number of nitrogen functional groups attached to an aromatic ring is 1. The molecule has 2 aliphatic heterocycles.